The number of hydrogen-bond acceptors (Lipinski definition) is 1. The average molecular weight is 289 g/mol. The maximum Gasteiger partial charge on any atom is 0.0463 e. The molecule has 1 N–H and O–H groups in total. The molecule has 2 heteroatoms. The maximum atomic E-state index is 3.68. The van der Waals surface area contributed by atoms with Crippen LogP contribution in [-0.2, 0) is 6.54 Å². The van der Waals surface area contributed by atoms with Crippen LogP contribution in [0.25, 0.3) is 0 Å². The Kier molecular flexibility index (Phi) is 12.1. The lowest BCUT2D eigenvalue weighted by Crippen LogP contribution is -2.23. The molecule has 1 nitrogen and oxygen atoms in total. The number of hydrogen-bond donors (Lipinski definition) is 1. The molecular weight excluding hydrogens is 261 g/mol. The fourth-order valence-corrected chi connectivity index (χ4v) is 1.92. The van der Waals surface area contributed by atoms with Crippen molar-refractivity contribution < 1.29 is 0 Å². The average Bonchev–Trinajstić information content (AvgIpc) is 2.48. The van der Waals surface area contributed by atoms with Gasteiger partial charge in [0.1, 0.15) is 0 Å². The van der Waals surface area contributed by atoms with Crippen LogP contribution in [0.2, 0.25) is 0 Å². The van der Waals surface area contributed by atoms with Crippen LogP contribution in [0, 0.1) is 0 Å². The van der Waals surface area contributed by atoms with Gasteiger partial charge in [0, 0.05) is 12.3 Å². The van der Waals surface area contributed by atoms with E-state index < -0.39 is 0 Å². The molecule has 2 unspecified atom stereocenters. The van der Waals surface area contributed by atoms with Crippen LogP contribution in [0.5, 0.6) is 0 Å². The van der Waals surface area contributed by atoms with Crippen LogP contribution in [0.3, 0.4) is 0 Å². The summed E-state index contributed by atoms with van der Waals surface area (Å²) in [5.74, 6) is 0.261. The molecule has 0 fully saturated rings. The largest absolute Gasteiger partial charge is 0.303 e. The monoisotopic (exact) mass is 289 g/mol. The van der Waals surface area contributed by atoms with E-state index in [1.54, 1.807) is 6.08 Å². The van der Waals surface area contributed by atoms with Crippen LogP contribution < -0.4 is 5.32 Å². The molecule has 1 aromatic carbocycles. The normalized spacial score (nSPS) is 12.7. The van der Waals surface area contributed by atoms with Crippen molar-refractivity contribution in [2.75, 3.05) is 0 Å². The highest BCUT2D eigenvalue weighted by Crippen LogP contribution is 2.12. The maximum absolute atomic E-state index is 3.68. The Bertz CT molecular complexity index is 407. The summed E-state index contributed by atoms with van der Waals surface area (Å²) in [7, 11) is 2.82. The number of nitrogens with one attached hydrogen (secondary N) is 1. The van der Waals surface area contributed by atoms with Gasteiger partial charge in [-0.15, -0.1) is 9.24 Å². The zero-order chi connectivity index (χ0) is 15.2. The topological polar surface area (TPSA) is 12.0 Å². The summed E-state index contributed by atoms with van der Waals surface area (Å²) in [5, 5.41) is 3.47. The summed E-state index contributed by atoms with van der Waals surface area (Å²) in [6.07, 6.45) is 9.17. The zero-order valence-electron chi connectivity index (χ0n) is 13.0. The van der Waals surface area contributed by atoms with Crippen molar-refractivity contribution in [2.45, 2.75) is 39.5 Å². The Morgan fingerprint density at radius 2 is 1.90 bits per heavy atom. The van der Waals surface area contributed by atoms with Gasteiger partial charge in [0.2, 0.25) is 0 Å². The van der Waals surface area contributed by atoms with Gasteiger partial charge in [-0.2, -0.15) is 0 Å². The lowest BCUT2D eigenvalue weighted by molar-refractivity contribution is 0.710. The van der Waals surface area contributed by atoms with Gasteiger partial charge in [-0.1, -0.05) is 81.5 Å². The van der Waals surface area contributed by atoms with E-state index in [9.17, 15) is 0 Å². The first kappa shape index (κ1) is 18.8. The summed E-state index contributed by atoms with van der Waals surface area (Å²) in [6, 6.07) is 10.4. The van der Waals surface area contributed by atoms with E-state index in [0.29, 0.717) is 0 Å². The molecule has 1 aromatic rings. The quantitative estimate of drug-likeness (QED) is 0.568. The fourth-order valence-electron chi connectivity index (χ4n) is 1.50. The molecule has 0 amide bonds. The van der Waals surface area contributed by atoms with E-state index in [1.807, 2.05) is 19.1 Å². The first-order valence-corrected chi connectivity index (χ1v) is 7.84. The van der Waals surface area contributed by atoms with Crippen molar-refractivity contribution in [1.82, 2.24) is 5.32 Å². The van der Waals surface area contributed by atoms with E-state index in [-0.39, 0.29) is 5.78 Å². The molecule has 110 valence electrons. The first-order valence-electron chi connectivity index (χ1n) is 7.17. The van der Waals surface area contributed by atoms with E-state index >= 15 is 0 Å². The van der Waals surface area contributed by atoms with Crippen molar-refractivity contribution in [1.29, 1.82) is 0 Å². The Balaban J connectivity index is 0.00000110. The van der Waals surface area contributed by atoms with E-state index in [0.717, 1.165) is 6.54 Å². The van der Waals surface area contributed by atoms with E-state index in [1.165, 1.54) is 17.6 Å². The van der Waals surface area contributed by atoms with Gasteiger partial charge in [0.25, 0.3) is 0 Å². The van der Waals surface area contributed by atoms with Crippen LogP contribution in [0.4, 0.5) is 0 Å². The van der Waals surface area contributed by atoms with Crippen molar-refractivity contribution in [3.8, 4) is 0 Å². The number of benzene rings is 1. The third kappa shape index (κ3) is 8.85. The molecule has 0 aromatic heterocycles. The van der Waals surface area contributed by atoms with E-state index in [4.69, 9.17) is 0 Å². The van der Waals surface area contributed by atoms with Crippen LogP contribution in [-0.4, -0.2) is 5.78 Å². The van der Waals surface area contributed by atoms with Crippen LogP contribution in [0.1, 0.15) is 32.8 Å². The van der Waals surface area contributed by atoms with Crippen LogP contribution in [0.15, 0.2) is 66.8 Å². The standard InChI is InChI=1S/C15H20NP.C3H8/c1-3-5-11-14(4-2)15(17)16-12-13-9-7-6-8-10-13;1-3-2/h3-11,15-16H,1,12,17H2,2H3;3H2,1-2H3/b11-5-,14-4+;. The van der Waals surface area contributed by atoms with Gasteiger partial charge < -0.3 is 5.32 Å². The zero-order valence-corrected chi connectivity index (χ0v) is 14.1. The summed E-state index contributed by atoms with van der Waals surface area (Å²) < 4.78 is 0. The van der Waals surface area contributed by atoms with Crippen LogP contribution >= 0.6 is 9.24 Å². The summed E-state index contributed by atoms with van der Waals surface area (Å²) >= 11 is 0. The molecule has 1 rings (SSSR count). The molecule has 0 spiro atoms. The molecular formula is C18H28NP. The third-order valence-electron chi connectivity index (χ3n) is 2.49. The Morgan fingerprint density at radius 3 is 2.40 bits per heavy atom. The summed E-state index contributed by atoms with van der Waals surface area (Å²) in [5.41, 5.74) is 2.54. The molecule has 0 saturated carbocycles. The van der Waals surface area contributed by atoms with Gasteiger partial charge in [0.05, 0.1) is 0 Å². The van der Waals surface area contributed by atoms with Gasteiger partial charge >= 0.3 is 0 Å². The van der Waals surface area contributed by atoms with Gasteiger partial charge in [0.15, 0.2) is 0 Å². The Hall–Kier alpha value is -1.17. The molecule has 20 heavy (non-hydrogen) atoms. The second-order valence-electron chi connectivity index (χ2n) is 4.43. The fraction of sp³-hybridized carbons (Fsp3) is 0.333. The second-order valence-corrected chi connectivity index (χ2v) is 5.10. The molecule has 0 heterocycles. The van der Waals surface area contributed by atoms with Crippen molar-refractivity contribution >= 4 is 9.24 Å². The molecule has 0 bridgehead atoms. The van der Waals surface area contributed by atoms with E-state index in [2.05, 4.69) is 71.4 Å². The van der Waals surface area contributed by atoms with Crippen molar-refractivity contribution in [3.05, 3.63) is 72.4 Å². The number of allylic oxidation sites excluding steroid dienone is 3. The minimum atomic E-state index is 0.261. The highest BCUT2D eigenvalue weighted by molar-refractivity contribution is 7.18. The SMILES string of the molecule is C=C/C=C\C(=C/C)C(P)NCc1ccccc1.CCC. The predicted octanol–water partition coefficient (Wildman–Crippen LogP) is 5.08. The summed E-state index contributed by atoms with van der Waals surface area (Å²) in [6.45, 7) is 10.8. The predicted molar refractivity (Wildman–Crippen MR) is 95.8 cm³/mol. The minimum Gasteiger partial charge on any atom is -0.303 e. The lowest BCUT2D eigenvalue weighted by atomic mass is 10.2. The lowest BCUT2D eigenvalue weighted by Gasteiger charge is -2.14. The molecule has 0 aliphatic carbocycles. The molecule has 0 saturated heterocycles. The Labute approximate surface area is 127 Å². The Morgan fingerprint density at radius 1 is 1.30 bits per heavy atom. The van der Waals surface area contributed by atoms with Gasteiger partial charge in [-0.25, -0.2) is 0 Å². The van der Waals surface area contributed by atoms with Crippen molar-refractivity contribution in [2.24, 2.45) is 0 Å². The van der Waals surface area contributed by atoms with Gasteiger partial charge in [-0.3, -0.25) is 0 Å². The molecule has 0 radical (unpaired) electrons. The second kappa shape index (κ2) is 12.8. The molecule has 2 atom stereocenters. The molecule has 0 aliphatic rings. The first-order chi connectivity index (χ1) is 9.69. The van der Waals surface area contributed by atoms with Crippen molar-refractivity contribution in [3.63, 3.8) is 0 Å². The highest BCUT2D eigenvalue weighted by Gasteiger charge is 2.03. The van der Waals surface area contributed by atoms with Gasteiger partial charge in [-0.05, 0) is 18.1 Å². The number of rotatable bonds is 6. The smallest absolute Gasteiger partial charge is 0.0463 e. The minimum absolute atomic E-state index is 0.261. The summed E-state index contributed by atoms with van der Waals surface area (Å²) in [4.78, 5) is 0. The third-order valence-corrected chi connectivity index (χ3v) is 3.11. The highest BCUT2D eigenvalue weighted by atomic mass is 31.0. The molecule has 0 aliphatic heterocycles.